The number of amides is 1. The second-order valence-corrected chi connectivity index (χ2v) is 4.77. The van der Waals surface area contributed by atoms with Crippen LogP contribution in [0.25, 0.3) is 0 Å². The number of carbonyl (C=O) groups excluding carboxylic acids is 1. The quantitative estimate of drug-likeness (QED) is 0.774. The molecule has 0 aliphatic rings. The zero-order valence-electron chi connectivity index (χ0n) is 9.67. The molecule has 0 aliphatic heterocycles. The number of hydrazine groups is 1. The van der Waals surface area contributed by atoms with Gasteiger partial charge in [-0.2, -0.15) is 0 Å². The van der Waals surface area contributed by atoms with Crippen molar-refractivity contribution in [2.24, 2.45) is 5.41 Å². The molecule has 0 saturated carbocycles. The summed E-state index contributed by atoms with van der Waals surface area (Å²) in [4.78, 5) is 15.2. The number of aromatic nitrogens is 1. The van der Waals surface area contributed by atoms with Crippen molar-refractivity contribution in [3.8, 4) is 0 Å². The Hall–Kier alpha value is -1.65. The first-order valence-corrected chi connectivity index (χ1v) is 5.03. The smallest absolute Gasteiger partial charge is 0.238 e. The van der Waals surface area contributed by atoms with E-state index in [1.807, 2.05) is 20.8 Å². The summed E-state index contributed by atoms with van der Waals surface area (Å²) >= 11 is 0. The molecule has 0 bridgehead atoms. The zero-order chi connectivity index (χ0) is 12.2. The van der Waals surface area contributed by atoms with Crippen LogP contribution in [-0.4, -0.2) is 10.9 Å². The lowest BCUT2D eigenvalue weighted by atomic mass is 9.92. The minimum atomic E-state index is -0.411. The van der Waals surface area contributed by atoms with E-state index in [1.54, 1.807) is 0 Å². The Bertz CT molecular complexity index is 356. The van der Waals surface area contributed by atoms with E-state index < -0.39 is 5.82 Å². The van der Waals surface area contributed by atoms with Gasteiger partial charge in [0.05, 0.1) is 6.20 Å². The number of pyridine rings is 1. The van der Waals surface area contributed by atoms with Gasteiger partial charge in [-0.15, -0.1) is 0 Å². The van der Waals surface area contributed by atoms with E-state index >= 15 is 0 Å². The topological polar surface area (TPSA) is 54.0 Å². The van der Waals surface area contributed by atoms with Crippen molar-refractivity contribution in [3.63, 3.8) is 0 Å². The lowest BCUT2D eigenvalue weighted by molar-refractivity contribution is -0.122. The maximum atomic E-state index is 12.5. The van der Waals surface area contributed by atoms with Gasteiger partial charge < -0.3 is 0 Å². The van der Waals surface area contributed by atoms with E-state index in [4.69, 9.17) is 0 Å². The number of hydrogen-bond donors (Lipinski definition) is 2. The van der Waals surface area contributed by atoms with E-state index in [2.05, 4.69) is 15.8 Å². The van der Waals surface area contributed by atoms with Crippen molar-refractivity contribution in [1.82, 2.24) is 10.4 Å². The fraction of sp³-hybridized carbons (Fsp3) is 0.455. The highest BCUT2D eigenvalue weighted by Crippen LogP contribution is 2.17. The minimum Gasteiger partial charge on any atom is -0.282 e. The predicted molar refractivity (Wildman–Crippen MR) is 60.0 cm³/mol. The van der Waals surface area contributed by atoms with E-state index in [9.17, 15) is 9.18 Å². The summed E-state index contributed by atoms with van der Waals surface area (Å²) in [5.41, 5.74) is 5.05. The molecule has 0 aromatic carbocycles. The normalized spacial score (nSPS) is 11.0. The first kappa shape index (κ1) is 12.4. The Morgan fingerprint density at radius 1 is 1.44 bits per heavy atom. The summed E-state index contributed by atoms with van der Waals surface area (Å²) in [5.74, 6) is -0.131. The molecule has 2 N–H and O–H groups in total. The van der Waals surface area contributed by atoms with E-state index in [-0.39, 0.29) is 11.3 Å². The van der Waals surface area contributed by atoms with Gasteiger partial charge in [0, 0.05) is 6.42 Å². The molecule has 1 heterocycles. The molecule has 5 heteroatoms. The molecule has 1 aromatic heterocycles. The first-order chi connectivity index (χ1) is 7.37. The molecule has 1 amide bonds. The van der Waals surface area contributed by atoms with Gasteiger partial charge in [-0.05, 0) is 17.5 Å². The number of rotatable bonds is 3. The first-order valence-electron chi connectivity index (χ1n) is 5.03. The second-order valence-electron chi connectivity index (χ2n) is 4.77. The molecule has 0 saturated heterocycles. The maximum Gasteiger partial charge on any atom is 0.238 e. The molecule has 0 aliphatic carbocycles. The average Bonchev–Trinajstić information content (AvgIpc) is 2.14. The highest BCUT2D eigenvalue weighted by atomic mass is 19.1. The van der Waals surface area contributed by atoms with Gasteiger partial charge in [0.1, 0.15) is 11.6 Å². The third-order valence-electron chi connectivity index (χ3n) is 1.75. The molecular weight excluding hydrogens is 209 g/mol. The van der Waals surface area contributed by atoms with Gasteiger partial charge in [-0.25, -0.2) is 9.37 Å². The Kier molecular flexibility index (Phi) is 3.82. The number of anilines is 1. The number of nitrogens with one attached hydrogen (secondary N) is 2. The van der Waals surface area contributed by atoms with Crippen molar-refractivity contribution in [1.29, 1.82) is 0 Å². The highest BCUT2D eigenvalue weighted by molar-refractivity contribution is 5.77. The summed E-state index contributed by atoms with van der Waals surface area (Å²) < 4.78 is 12.5. The second kappa shape index (κ2) is 4.92. The number of hydrogen-bond acceptors (Lipinski definition) is 3. The van der Waals surface area contributed by atoms with Gasteiger partial charge in [-0.1, -0.05) is 20.8 Å². The van der Waals surface area contributed by atoms with E-state index in [0.29, 0.717) is 12.2 Å². The lowest BCUT2D eigenvalue weighted by Crippen LogP contribution is -2.32. The Morgan fingerprint density at radius 2 is 2.12 bits per heavy atom. The molecule has 0 radical (unpaired) electrons. The maximum absolute atomic E-state index is 12.5. The molecule has 1 rings (SSSR count). The highest BCUT2D eigenvalue weighted by Gasteiger charge is 2.15. The Morgan fingerprint density at radius 3 is 2.62 bits per heavy atom. The SMILES string of the molecule is CC(C)(C)CC(=O)NNc1ccc(F)cn1. The molecule has 0 unspecified atom stereocenters. The average molecular weight is 225 g/mol. The van der Waals surface area contributed by atoms with Crippen LogP contribution in [0.4, 0.5) is 10.2 Å². The minimum absolute atomic E-state index is 0.0675. The fourth-order valence-corrected chi connectivity index (χ4v) is 1.11. The van der Waals surface area contributed by atoms with Crippen LogP contribution in [-0.2, 0) is 4.79 Å². The summed E-state index contributed by atoms with van der Waals surface area (Å²) in [6, 6.07) is 2.72. The van der Waals surface area contributed by atoms with Gasteiger partial charge in [0.25, 0.3) is 0 Å². The van der Waals surface area contributed by atoms with Crippen LogP contribution in [0, 0.1) is 11.2 Å². The number of halogens is 1. The molecule has 0 spiro atoms. The van der Waals surface area contributed by atoms with Crippen molar-refractivity contribution in [2.75, 3.05) is 5.43 Å². The summed E-state index contributed by atoms with van der Waals surface area (Å²) in [7, 11) is 0. The molecule has 1 aromatic rings. The van der Waals surface area contributed by atoms with Gasteiger partial charge in [0.2, 0.25) is 5.91 Å². The number of nitrogens with zero attached hydrogens (tertiary/aromatic N) is 1. The molecular formula is C11H16FN3O. The largest absolute Gasteiger partial charge is 0.282 e. The Labute approximate surface area is 94.2 Å². The molecule has 4 nitrogen and oxygen atoms in total. The summed E-state index contributed by atoms with van der Waals surface area (Å²) in [6.45, 7) is 5.92. The number of carbonyl (C=O) groups is 1. The van der Waals surface area contributed by atoms with Crippen molar-refractivity contribution in [3.05, 3.63) is 24.1 Å². The van der Waals surface area contributed by atoms with Crippen LogP contribution in [0.2, 0.25) is 0 Å². The molecule has 0 fully saturated rings. The van der Waals surface area contributed by atoms with Crippen LogP contribution in [0.1, 0.15) is 27.2 Å². The predicted octanol–water partition coefficient (Wildman–Crippen LogP) is 2.10. The fourth-order valence-electron chi connectivity index (χ4n) is 1.11. The van der Waals surface area contributed by atoms with E-state index in [1.165, 1.54) is 12.1 Å². The Balaban J connectivity index is 2.40. The standard InChI is InChI=1S/C11H16FN3O/c1-11(2,3)6-10(16)15-14-9-5-4-8(12)7-13-9/h4-5,7H,6H2,1-3H3,(H,13,14)(H,15,16). The van der Waals surface area contributed by atoms with Crippen LogP contribution in [0.3, 0.4) is 0 Å². The van der Waals surface area contributed by atoms with Crippen molar-refractivity contribution >= 4 is 11.7 Å². The van der Waals surface area contributed by atoms with Crippen LogP contribution in [0.15, 0.2) is 18.3 Å². The molecule has 0 atom stereocenters. The van der Waals surface area contributed by atoms with Crippen molar-refractivity contribution < 1.29 is 9.18 Å². The third-order valence-corrected chi connectivity index (χ3v) is 1.75. The monoisotopic (exact) mass is 225 g/mol. The van der Waals surface area contributed by atoms with Crippen molar-refractivity contribution in [2.45, 2.75) is 27.2 Å². The third kappa shape index (κ3) is 4.72. The molecule has 88 valence electrons. The van der Waals surface area contributed by atoms with Gasteiger partial charge >= 0.3 is 0 Å². The molecule has 16 heavy (non-hydrogen) atoms. The van der Waals surface area contributed by atoms with Crippen LogP contribution < -0.4 is 10.9 Å². The summed E-state index contributed by atoms with van der Waals surface area (Å²) in [6.07, 6.45) is 1.49. The van der Waals surface area contributed by atoms with Gasteiger partial charge in [0.15, 0.2) is 0 Å². The zero-order valence-corrected chi connectivity index (χ0v) is 9.67. The van der Waals surface area contributed by atoms with Crippen LogP contribution >= 0.6 is 0 Å². The van der Waals surface area contributed by atoms with E-state index in [0.717, 1.165) is 6.20 Å². The lowest BCUT2D eigenvalue weighted by Gasteiger charge is -2.17. The summed E-state index contributed by atoms with van der Waals surface area (Å²) in [5, 5.41) is 0. The van der Waals surface area contributed by atoms with Crippen LogP contribution in [0.5, 0.6) is 0 Å². The van der Waals surface area contributed by atoms with Gasteiger partial charge in [-0.3, -0.25) is 15.6 Å².